The summed E-state index contributed by atoms with van der Waals surface area (Å²) in [5.41, 5.74) is 2.98. The molecule has 2 aromatic carbocycles. The van der Waals surface area contributed by atoms with Crippen LogP contribution in [0.2, 0.25) is 0 Å². The number of imidazole rings is 1. The van der Waals surface area contributed by atoms with Gasteiger partial charge >= 0.3 is 17.9 Å². The van der Waals surface area contributed by atoms with Crippen LogP contribution in [0.15, 0.2) is 35.1 Å². The summed E-state index contributed by atoms with van der Waals surface area (Å²) in [4.78, 5) is 49.4. The summed E-state index contributed by atoms with van der Waals surface area (Å²) in [5.74, 6) is -0.692. The first-order chi connectivity index (χ1) is 18.8. The summed E-state index contributed by atoms with van der Waals surface area (Å²) in [6, 6.07) is 4.21. The van der Waals surface area contributed by atoms with Crippen molar-refractivity contribution in [3.63, 3.8) is 0 Å². The number of benzene rings is 2. The summed E-state index contributed by atoms with van der Waals surface area (Å²) in [5, 5.41) is 11.4. The molecule has 1 fully saturated rings. The summed E-state index contributed by atoms with van der Waals surface area (Å²) in [6.45, 7) is 0.0666. The maximum atomic E-state index is 14.0. The van der Waals surface area contributed by atoms with Crippen molar-refractivity contribution in [1.82, 2.24) is 14.0 Å². The van der Waals surface area contributed by atoms with Gasteiger partial charge in [0.15, 0.2) is 0 Å². The molecule has 0 spiro atoms. The fourth-order valence-corrected chi connectivity index (χ4v) is 4.73. The Morgan fingerprint density at radius 3 is 2.52 bits per heavy atom. The Labute approximate surface area is 224 Å². The number of nitrogens with two attached hydrogens (primary N) is 1. The van der Waals surface area contributed by atoms with Gasteiger partial charge in [-0.25, -0.2) is 9.59 Å². The number of fused-ring (bicyclic) bond motifs is 1. The third-order valence-corrected chi connectivity index (χ3v) is 6.78. The zero-order valence-electron chi connectivity index (χ0n) is 21.6. The van der Waals surface area contributed by atoms with Crippen LogP contribution in [0.1, 0.15) is 29.5 Å². The number of methoxy groups -OCH3 is 1. The van der Waals surface area contributed by atoms with Crippen molar-refractivity contribution in [1.29, 1.82) is 0 Å². The molecular weight excluding hydrogens is 539 g/mol. The minimum Gasteiger partial charge on any atom is -0.496 e. The Balaban J connectivity index is 1.99. The number of primary amides is 1. The molecule has 1 aliphatic heterocycles. The van der Waals surface area contributed by atoms with Crippen molar-refractivity contribution >= 4 is 28.7 Å². The normalized spacial score (nSPS) is 15.4. The van der Waals surface area contributed by atoms with Gasteiger partial charge in [0.05, 0.1) is 54.2 Å². The lowest BCUT2D eigenvalue weighted by Gasteiger charge is -2.16. The van der Waals surface area contributed by atoms with E-state index in [4.69, 9.17) is 15.2 Å². The second kappa shape index (κ2) is 11.0. The monoisotopic (exact) mass is 565 g/mol. The highest BCUT2D eigenvalue weighted by molar-refractivity contribution is 5.96. The van der Waals surface area contributed by atoms with Crippen LogP contribution >= 0.6 is 0 Å². The number of hydrogen-bond donors (Lipinski definition) is 1. The largest absolute Gasteiger partial charge is 0.496 e. The molecule has 1 unspecified atom stereocenters. The van der Waals surface area contributed by atoms with E-state index in [9.17, 15) is 37.7 Å². The number of carbonyl (C=O) groups excluding carboxylic acids is 2. The number of amides is 3. The van der Waals surface area contributed by atoms with E-state index in [1.807, 2.05) is 0 Å². The second-order valence-corrected chi connectivity index (χ2v) is 9.34. The summed E-state index contributed by atoms with van der Waals surface area (Å²) in [7, 11) is 2.41. The average Bonchev–Trinajstić information content (AvgIpc) is 3.50. The van der Waals surface area contributed by atoms with Crippen LogP contribution in [-0.4, -0.2) is 57.8 Å². The van der Waals surface area contributed by atoms with Gasteiger partial charge < -0.3 is 15.2 Å². The number of imide groups is 1. The van der Waals surface area contributed by atoms with Crippen molar-refractivity contribution in [2.45, 2.75) is 44.6 Å². The number of nitrogens with zero attached hydrogens (tertiary/aromatic N) is 4. The Morgan fingerprint density at radius 2 is 1.95 bits per heavy atom. The third kappa shape index (κ3) is 5.64. The molecule has 1 saturated heterocycles. The lowest BCUT2D eigenvalue weighted by atomic mass is 10.0. The lowest BCUT2D eigenvalue weighted by molar-refractivity contribution is -0.384. The topological polar surface area (TPSA) is 152 Å². The molecule has 1 atom stereocenters. The molecule has 0 bridgehead atoms. The van der Waals surface area contributed by atoms with Crippen LogP contribution in [-0.2, 0) is 35.2 Å². The van der Waals surface area contributed by atoms with E-state index in [1.54, 1.807) is 0 Å². The van der Waals surface area contributed by atoms with Crippen molar-refractivity contribution in [2.75, 3.05) is 20.8 Å². The first-order valence-corrected chi connectivity index (χ1v) is 12.1. The minimum absolute atomic E-state index is 0.00391. The van der Waals surface area contributed by atoms with Gasteiger partial charge in [0.2, 0.25) is 5.91 Å². The summed E-state index contributed by atoms with van der Waals surface area (Å²) < 4.78 is 55.1. The lowest BCUT2D eigenvalue weighted by Crippen LogP contribution is -2.38. The van der Waals surface area contributed by atoms with Gasteiger partial charge in [0, 0.05) is 31.4 Å². The molecule has 0 radical (unpaired) electrons. The second-order valence-electron chi connectivity index (χ2n) is 9.34. The maximum Gasteiger partial charge on any atom is 0.416 e. The first kappa shape index (κ1) is 28.6. The van der Waals surface area contributed by atoms with Crippen molar-refractivity contribution in [2.24, 2.45) is 5.73 Å². The minimum atomic E-state index is -4.82. The van der Waals surface area contributed by atoms with Crippen LogP contribution in [0.25, 0.3) is 11.0 Å². The van der Waals surface area contributed by atoms with Crippen molar-refractivity contribution < 1.29 is 37.2 Å². The molecular formula is C25H26F3N5O7. The highest BCUT2D eigenvalue weighted by atomic mass is 19.4. The average molecular weight is 566 g/mol. The van der Waals surface area contributed by atoms with Gasteiger partial charge in [-0.3, -0.25) is 28.9 Å². The molecule has 12 nitrogen and oxygen atoms in total. The molecule has 3 aromatic rings. The third-order valence-electron chi connectivity index (χ3n) is 6.78. The molecule has 40 heavy (non-hydrogen) atoms. The molecule has 15 heteroatoms. The summed E-state index contributed by atoms with van der Waals surface area (Å²) >= 11 is 0. The highest BCUT2D eigenvalue weighted by Crippen LogP contribution is 2.35. The molecule has 2 heterocycles. The maximum absolute atomic E-state index is 14.0. The van der Waals surface area contributed by atoms with Crippen molar-refractivity contribution in [3.05, 3.63) is 67.6 Å². The fraction of sp³-hybridized carbons (Fsp3) is 0.400. The zero-order chi connectivity index (χ0) is 29.4. The fourth-order valence-electron chi connectivity index (χ4n) is 4.73. The number of hydrogen-bond acceptors (Lipinski definition) is 7. The van der Waals surface area contributed by atoms with Gasteiger partial charge in [-0.2, -0.15) is 13.2 Å². The first-order valence-electron chi connectivity index (χ1n) is 12.1. The van der Waals surface area contributed by atoms with E-state index in [0.717, 1.165) is 34.7 Å². The predicted molar refractivity (Wildman–Crippen MR) is 135 cm³/mol. The van der Waals surface area contributed by atoms with E-state index >= 15 is 0 Å². The Morgan fingerprint density at radius 1 is 1.23 bits per heavy atom. The number of nitro groups is 1. The quantitative estimate of drug-likeness (QED) is 0.326. The number of rotatable bonds is 8. The molecule has 1 aliphatic rings. The van der Waals surface area contributed by atoms with Crippen LogP contribution < -0.4 is 16.2 Å². The molecule has 0 saturated carbocycles. The predicted octanol–water partition coefficient (Wildman–Crippen LogP) is 3.05. The number of alkyl halides is 3. The van der Waals surface area contributed by atoms with E-state index in [0.29, 0.717) is 17.9 Å². The van der Waals surface area contributed by atoms with E-state index in [-0.39, 0.29) is 46.7 Å². The number of urea groups is 1. The van der Waals surface area contributed by atoms with Gasteiger partial charge in [-0.1, -0.05) is 0 Å². The molecule has 214 valence electrons. The van der Waals surface area contributed by atoms with E-state index in [1.165, 1.54) is 25.3 Å². The number of likely N-dealkylation sites (N-methyl/N-ethyl adjacent to an activating group) is 1. The number of halogens is 3. The SMILES string of the molecule is COc1ccc([N+](=O)[O-])cc1Cn1c(=O)n(CC2CCCO2)c2cc(C(F)(F)F)cc(CC(=O)N(C)C(N)=O)c21. The number of nitro benzene ring substituents is 1. The van der Waals surface area contributed by atoms with Gasteiger partial charge in [-0.05, 0) is 36.6 Å². The molecule has 0 aliphatic carbocycles. The van der Waals surface area contributed by atoms with E-state index < -0.39 is 46.8 Å². The smallest absolute Gasteiger partial charge is 0.416 e. The Hall–Kier alpha value is -4.40. The van der Waals surface area contributed by atoms with Crippen molar-refractivity contribution in [3.8, 4) is 5.75 Å². The van der Waals surface area contributed by atoms with Gasteiger partial charge in [0.25, 0.3) is 5.69 Å². The van der Waals surface area contributed by atoms with Gasteiger partial charge in [-0.15, -0.1) is 0 Å². The molecule has 2 N–H and O–H groups in total. The highest BCUT2D eigenvalue weighted by Gasteiger charge is 2.34. The van der Waals surface area contributed by atoms with E-state index in [2.05, 4.69) is 0 Å². The number of ether oxygens (including phenoxy) is 2. The molecule has 3 amide bonds. The van der Waals surface area contributed by atoms with Gasteiger partial charge in [0.1, 0.15) is 5.75 Å². The Bertz CT molecular complexity index is 1540. The number of carbonyl (C=O) groups is 2. The summed E-state index contributed by atoms with van der Waals surface area (Å²) in [6.07, 6.45) is -4.63. The number of aromatic nitrogens is 2. The standard InChI is InChI=1S/C25H26F3N5O7/c1-30(23(29)35)21(34)10-14-8-16(25(26,27)28)11-19-22(14)32(24(36)31(19)13-18-4-3-7-40-18)12-15-9-17(33(37)38)5-6-20(15)39-2/h5-6,8-9,11,18H,3-4,7,10,12-13H2,1-2H3,(H2,29,35). The van der Waals surface area contributed by atoms with Crippen LogP contribution in [0.3, 0.4) is 0 Å². The zero-order valence-corrected chi connectivity index (χ0v) is 21.6. The number of non-ortho nitro benzene ring substituents is 1. The van der Waals surface area contributed by atoms with Crippen LogP contribution in [0, 0.1) is 10.1 Å². The van der Waals surface area contributed by atoms with Crippen LogP contribution in [0.5, 0.6) is 5.75 Å². The molecule has 1 aromatic heterocycles. The Kier molecular flexibility index (Phi) is 7.86. The molecule has 4 rings (SSSR count). The van der Waals surface area contributed by atoms with Crippen LogP contribution in [0.4, 0.5) is 23.7 Å².